The molecule has 12 aromatic rings. The van der Waals surface area contributed by atoms with Crippen LogP contribution in [0.2, 0.25) is 0 Å². The molecule has 72 heavy (non-hydrogen) atoms. The first-order chi connectivity index (χ1) is 35.2. The Balaban J connectivity index is 0.000000347. The van der Waals surface area contributed by atoms with Crippen molar-refractivity contribution in [2.45, 2.75) is 30.1 Å². The molecule has 8 aromatic carbocycles. The van der Waals surface area contributed by atoms with Gasteiger partial charge in [0.05, 0.1) is 0 Å². The largest absolute Gasteiger partial charge is 0.199 e. The van der Waals surface area contributed by atoms with Crippen LogP contribution in [0.4, 0.5) is 0 Å². The van der Waals surface area contributed by atoms with E-state index in [-0.39, 0.29) is 14.4 Å². The molecule has 356 valence electrons. The number of aromatic hydroxyl groups is 2. The summed E-state index contributed by atoms with van der Waals surface area (Å²) in [4.78, 5) is 2.90. The SMILES string of the molecule is Cc1cc(-c2cscc2[S]2=[Hf]=[S](c3cscc3-c3cc(C)cc(-n4c5ccccc5c5ccccc54)c3O)CCC2)c(O)c(-n2c3ccccc3c3ccccc32)c1.[CH2-]c1ccccc1.[CH2-]c1ccccc1. The minimum atomic E-state index is -1.29. The molecular formula is C63H52HfN2O2S4-2. The van der Waals surface area contributed by atoms with Crippen LogP contribution in [-0.2, 0) is 18.9 Å². The molecule has 0 amide bonds. The maximum absolute atomic E-state index is 12.3. The number of fused-ring (bicyclic) bond motifs is 6. The van der Waals surface area contributed by atoms with Crippen molar-refractivity contribution in [3.8, 4) is 45.1 Å². The fourth-order valence-corrected chi connectivity index (χ4v) is 45.0. The fourth-order valence-electron chi connectivity index (χ4n) is 9.80. The average molecular weight is 1180 g/mol. The van der Waals surface area contributed by atoms with E-state index in [1.54, 1.807) is 22.7 Å². The van der Waals surface area contributed by atoms with Crippen molar-refractivity contribution < 1.29 is 29.1 Å². The van der Waals surface area contributed by atoms with E-state index in [0.717, 1.165) is 66.8 Å². The van der Waals surface area contributed by atoms with E-state index in [0.29, 0.717) is 11.5 Å². The molecule has 1 aliphatic rings. The molecule has 0 saturated heterocycles. The van der Waals surface area contributed by atoms with Gasteiger partial charge in [-0.15, -0.1) is 24.3 Å². The van der Waals surface area contributed by atoms with E-state index in [4.69, 9.17) is 0 Å². The van der Waals surface area contributed by atoms with Crippen molar-refractivity contribution in [3.05, 3.63) is 240 Å². The molecule has 2 N–H and O–H groups in total. The maximum Gasteiger partial charge on any atom is -0.0866 e. The van der Waals surface area contributed by atoms with Crippen LogP contribution in [0.3, 0.4) is 0 Å². The molecule has 0 fully saturated rings. The summed E-state index contributed by atoms with van der Waals surface area (Å²) < 4.78 is 4.49. The van der Waals surface area contributed by atoms with Crippen LogP contribution in [-0.4, -0.2) is 30.9 Å². The molecule has 13 rings (SSSR count). The minimum absolute atomic E-state index is 0.196. The first kappa shape index (κ1) is 48.0. The summed E-state index contributed by atoms with van der Waals surface area (Å²) >= 11 is 2.25. The number of benzene rings is 8. The van der Waals surface area contributed by atoms with Gasteiger partial charge in [0.15, 0.2) is 0 Å². The minimum Gasteiger partial charge on any atom is -0.199 e. The Morgan fingerprint density at radius 1 is 0.431 bits per heavy atom. The van der Waals surface area contributed by atoms with E-state index in [1.165, 1.54) is 60.4 Å². The zero-order valence-electron chi connectivity index (χ0n) is 40.1. The van der Waals surface area contributed by atoms with Crippen molar-refractivity contribution in [1.82, 2.24) is 9.13 Å². The summed E-state index contributed by atoms with van der Waals surface area (Å²) in [5.41, 5.74) is 14.8. The van der Waals surface area contributed by atoms with Gasteiger partial charge in [-0.2, -0.15) is 49.2 Å². The number of aromatic nitrogens is 2. The zero-order valence-corrected chi connectivity index (χ0v) is 46.9. The van der Waals surface area contributed by atoms with E-state index < -0.39 is 18.9 Å². The number of phenols is 2. The Morgan fingerprint density at radius 3 is 1.10 bits per heavy atom. The third-order valence-corrected chi connectivity index (χ3v) is 41.7. The molecule has 2 unspecified atom stereocenters. The van der Waals surface area contributed by atoms with Gasteiger partial charge in [0.1, 0.15) is 0 Å². The Morgan fingerprint density at radius 2 is 0.764 bits per heavy atom. The maximum atomic E-state index is 12.3. The third kappa shape index (κ3) is 9.34. The summed E-state index contributed by atoms with van der Waals surface area (Å²) in [6.45, 7) is 11.7. The predicted octanol–water partition coefficient (Wildman–Crippen LogP) is 18.4. The Hall–Kier alpha value is -6.33. The van der Waals surface area contributed by atoms with Crippen molar-refractivity contribution in [3.63, 3.8) is 0 Å². The molecule has 0 spiro atoms. The van der Waals surface area contributed by atoms with Crippen LogP contribution in [0.15, 0.2) is 213 Å². The van der Waals surface area contributed by atoms with E-state index >= 15 is 0 Å². The summed E-state index contributed by atoms with van der Waals surface area (Å²) in [5, 5.41) is 38.7. The molecule has 4 aromatic heterocycles. The summed E-state index contributed by atoms with van der Waals surface area (Å²) in [7, 11) is 0.393. The van der Waals surface area contributed by atoms with Gasteiger partial charge >= 0.3 is 360 Å². The van der Waals surface area contributed by atoms with E-state index in [1.807, 2.05) is 60.7 Å². The first-order valence-corrected chi connectivity index (χ1v) is 37.4. The van der Waals surface area contributed by atoms with Crippen LogP contribution in [0, 0.1) is 27.7 Å². The number of thiophene rings is 2. The number of nitrogens with zero attached hydrogens (tertiary/aromatic N) is 2. The second kappa shape index (κ2) is 21.0. The van der Waals surface area contributed by atoms with Gasteiger partial charge in [-0.3, -0.25) is 0 Å². The monoisotopic (exact) mass is 1180 g/mol. The standard InChI is InChI=1S/C49H38N2O2S4.2C7H7.Hf/c1-30-22-36(48(52)44(24-30)50-40-16-7-3-12-32(40)33-13-4-8-17-41(33)50)38-26-54-28-46(38)56-20-11-21-57-47-29-55-27-39(47)37-23-31(2)25-45(49(37)53)51-42-18-9-5-14-34(42)35-15-6-10-19-43(35)51;2*1-7-5-3-2-4-6-7;/h3-10,12-19,22-29,52-53H,11,20-21H2,1-2H3;2*2-6H,1H2;/q;2*-1;. The van der Waals surface area contributed by atoms with Crippen LogP contribution < -0.4 is 0 Å². The van der Waals surface area contributed by atoms with Gasteiger partial charge in [0.2, 0.25) is 0 Å². The van der Waals surface area contributed by atoms with Crippen molar-refractivity contribution in [2.75, 3.05) is 11.5 Å². The van der Waals surface area contributed by atoms with Crippen molar-refractivity contribution in [2.24, 2.45) is 0 Å². The van der Waals surface area contributed by atoms with Crippen LogP contribution >= 0.6 is 37.1 Å². The van der Waals surface area contributed by atoms with Gasteiger partial charge in [0, 0.05) is 0 Å². The fraction of sp³-hybridized carbons (Fsp3) is 0.0794. The van der Waals surface area contributed by atoms with Crippen LogP contribution in [0.1, 0.15) is 28.7 Å². The molecule has 1 aliphatic heterocycles. The second-order valence-corrected chi connectivity index (χ2v) is 39.4. The number of aryl methyl sites for hydroxylation is 2. The normalized spacial score (nSPS) is 14.3. The Labute approximate surface area is 441 Å². The molecule has 4 nitrogen and oxygen atoms in total. The Kier molecular flexibility index (Phi) is 14.0. The first-order valence-electron chi connectivity index (χ1n) is 23.9. The molecule has 0 aliphatic carbocycles. The second-order valence-electron chi connectivity index (χ2n) is 18.0. The molecule has 0 radical (unpaired) electrons. The molecular weight excluding hydrogens is 1120 g/mol. The van der Waals surface area contributed by atoms with Crippen LogP contribution in [0.25, 0.3) is 77.2 Å². The molecule has 0 saturated carbocycles. The molecule has 0 bridgehead atoms. The van der Waals surface area contributed by atoms with E-state index in [9.17, 15) is 10.2 Å². The van der Waals surface area contributed by atoms with Gasteiger partial charge < -0.3 is 0 Å². The molecule has 5 heterocycles. The number of phenolic OH excluding ortho intramolecular Hbond substituents is 2. The predicted molar refractivity (Wildman–Crippen MR) is 309 cm³/mol. The summed E-state index contributed by atoms with van der Waals surface area (Å²) in [5.74, 6) is 3.16. The number of hydrogen-bond donors (Lipinski definition) is 2. The van der Waals surface area contributed by atoms with E-state index in [2.05, 4.69) is 180 Å². The summed E-state index contributed by atoms with van der Waals surface area (Å²) in [6.07, 6.45) is 1.20. The average Bonchev–Trinajstić information content (AvgIpc) is 4.23. The molecule has 2 atom stereocenters. The van der Waals surface area contributed by atoms with Crippen molar-refractivity contribution in [1.29, 1.82) is 0 Å². The van der Waals surface area contributed by atoms with Gasteiger partial charge in [-0.25, -0.2) is 0 Å². The molecule has 9 heteroatoms. The third-order valence-electron chi connectivity index (χ3n) is 13.1. The zero-order chi connectivity index (χ0) is 49.3. The van der Waals surface area contributed by atoms with Crippen molar-refractivity contribution >= 4 is 80.7 Å². The smallest absolute Gasteiger partial charge is 0.0866 e. The van der Waals surface area contributed by atoms with Crippen LogP contribution in [0.5, 0.6) is 11.5 Å². The quantitative estimate of drug-likeness (QED) is 0.129. The number of rotatable bonds is 6. The topological polar surface area (TPSA) is 50.3 Å². The number of hydrogen-bond acceptors (Lipinski definition) is 4. The van der Waals surface area contributed by atoms with Gasteiger partial charge in [-0.1, -0.05) is 12.1 Å². The number of para-hydroxylation sites is 4. The Bertz CT molecular complexity index is 3660. The summed E-state index contributed by atoms with van der Waals surface area (Å²) in [6, 6.07) is 62.4. The van der Waals surface area contributed by atoms with Gasteiger partial charge in [-0.05, 0) is 0 Å². The van der Waals surface area contributed by atoms with Gasteiger partial charge in [0.25, 0.3) is 0 Å².